The lowest BCUT2D eigenvalue weighted by Crippen LogP contribution is -2.19. The Morgan fingerprint density at radius 3 is 2.93 bits per heavy atom. The van der Waals surface area contributed by atoms with E-state index in [1.165, 1.54) is 11.8 Å². The number of allylic oxidation sites excluding steroid dienone is 1. The number of nitrogens with one attached hydrogen (secondary N) is 1. The van der Waals surface area contributed by atoms with Crippen molar-refractivity contribution in [3.8, 4) is 0 Å². The number of alkyl halides is 1. The fourth-order valence-electron chi connectivity index (χ4n) is 1.10. The molecule has 1 aromatic heterocycles. The van der Waals surface area contributed by atoms with E-state index in [4.69, 9.17) is 11.6 Å². The van der Waals surface area contributed by atoms with Gasteiger partial charge in [0.15, 0.2) is 5.16 Å². The highest BCUT2D eigenvalue weighted by atomic mass is 35.5. The van der Waals surface area contributed by atoms with Crippen molar-refractivity contribution >= 4 is 23.4 Å². The van der Waals surface area contributed by atoms with Crippen LogP contribution in [-0.4, -0.2) is 26.4 Å². The minimum Gasteiger partial charge on any atom is -0.268 e. The summed E-state index contributed by atoms with van der Waals surface area (Å²) in [6.07, 6.45) is 3.83. The molecule has 0 fully saturated rings. The summed E-state index contributed by atoms with van der Waals surface area (Å²) in [5.74, 6) is 1.28. The van der Waals surface area contributed by atoms with E-state index in [-0.39, 0.29) is 11.7 Å². The third-order valence-electron chi connectivity index (χ3n) is 1.75. The molecule has 0 bridgehead atoms. The van der Waals surface area contributed by atoms with Crippen LogP contribution in [0.15, 0.2) is 22.1 Å². The second kappa shape index (κ2) is 6.02. The molecular weight excluding hydrogens is 234 g/mol. The molecule has 0 aromatic carbocycles. The molecule has 1 aromatic rings. The fourth-order valence-corrected chi connectivity index (χ4v) is 2.15. The maximum atomic E-state index is 11.4. The number of rotatable bonds is 5. The second-order valence-electron chi connectivity index (χ2n) is 3.21. The molecule has 1 rings (SSSR count). The van der Waals surface area contributed by atoms with Crippen LogP contribution in [0, 0.1) is 0 Å². The SMILES string of the molecule is CC(C)n1c(SCC=CCCl)n[nH]c1=O. The van der Waals surface area contributed by atoms with Gasteiger partial charge in [-0.05, 0) is 13.8 Å². The first kappa shape index (κ1) is 12.4. The monoisotopic (exact) mass is 247 g/mol. The zero-order valence-electron chi connectivity index (χ0n) is 8.74. The van der Waals surface area contributed by atoms with Crippen molar-refractivity contribution in [3.63, 3.8) is 0 Å². The summed E-state index contributed by atoms with van der Waals surface area (Å²) in [5, 5.41) is 7.12. The Bertz CT molecular complexity index is 383. The van der Waals surface area contributed by atoms with Crippen molar-refractivity contribution in [2.24, 2.45) is 0 Å². The van der Waals surface area contributed by atoms with Gasteiger partial charge in [-0.3, -0.25) is 4.57 Å². The molecular formula is C9H14ClN3OS. The maximum absolute atomic E-state index is 11.4. The lowest BCUT2D eigenvalue weighted by Gasteiger charge is -2.06. The number of hydrogen-bond donors (Lipinski definition) is 1. The van der Waals surface area contributed by atoms with Gasteiger partial charge in [-0.2, -0.15) is 0 Å². The van der Waals surface area contributed by atoms with Crippen LogP contribution in [-0.2, 0) is 0 Å². The maximum Gasteiger partial charge on any atom is 0.344 e. The van der Waals surface area contributed by atoms with Gasteiger partial charge in [-0.15, -0.1) is 16.7 Å². The Labute approximate surface area is 97.7 Å². The zero-order valence-corrected chi connectivity index (χ0v) is 10.3. The lowest BCUT2D eigenvalue weighted by molar-refractivity contribution is 0.534. The van der Waals surface area contributed by atoms with Crippen LogP contribution >= 0.6 is 23.4 Å². The van der Waals surface area contributed by atoms with Crippen molar-refractivity contribution in [2.75, 3.05) is 11.6 Å². The van der Waals surface area contributed by atoms with Crippen molar-refractivity contribution in [1.82, 2.24) is 14.8 Å². The van der Waals surface area contributed by atoms with Crippen LogP contribution in [0.5, 0.6) is 0 Å². The molecule has 0 saturated heterocycles. The van der Waals surface area contributed by atoms with E-state index in [1.54, 1.807) is 4.57 Å². The van der Waals surface area contributed by atoms with E-state index in [2.05, 4.69) is 10.2 Å². The van der Waals surface area contributed by atoms with Crippen LogP contribution in [0.3, 0.4) is 0 Å². The highest BCUT2D eigenvalue weighted by Crippen LogP contribution is 2.16. The normalized spacial score (nSPS) is 11.7. The smallest absolute Gasteiger partial charge is 0.268 e. The molecule has 6 heteroatoms. The second-order valence-corrected chi connectivity index (χ2v) is 4.51. The Balaban J connectivity index is 2.69. The molecule has 0 radical (unpaired) electrons. The highest BCUT2D eigenvalue weighted by molar-refractivity contribution is 7.99. The van der Waals surface area contributed by atoms with Crippen molar-refractivity contribution in [3.05, 3.63) is 22.6 Å². The first-order chi connectivity index (χ1) is 7.16. The highest BCUT2D eigenvalue weighted by Gasteiger charge is 2.10. The summed E-state index contributed by atoms with van der Waals surface area (Å²) in [6.45, 7) is 3.91. The van der Waals surface area contributed by atoms with Gasteiger partial charge in [0.2, 0.25) is 0 Å². The number of hydrogen-bond acceptors (Lipinski definition) is 3. The Morgan fingerprint density at radius 1 is 1.60 bits per heavy atom. The van der Waals surface area contributed by atoms with E-state index in [9.17, 15) is 4.79 Å². The molecule has 1 N–H and O–H groups in total. The van der Waals surface area contributed by atoms with Crippen LogP contribution < -0.4 is 5.69 Å². The van der Waals surface area contributed by atoms with Crippen molar-refractivity contribution in [2.45, 2.75) is 25.0 Å². The van der Waals surface area contributed by atoms with Crippen LogP contribution in [0.2, 0.25) is 0 Å². The standard InChI is InChI=1S/C9H14ClN3OS/c1-7(2)13-8(14)11-12-9(13)15-6-4-3-5-10/h3-4,7H,5-6H2,1-2H3,(H,11,14). The van der Waals surface area contributed by atoms with Gasteiger partial charge in [0.05, 0.1) is 0 Å². The quantitative estimate of drug-likeness (QED) is 0.492. The molecule has 0 aliphatic carbocycles. The van der Waals surface area contributed by atoms with E-state index < -0.39 is 0 Å². The number of thioether (sulfide) groups is 1. The van der Waals surface area contributed by atoms with Crippen LogP contribution in [0.25, 0.3) is 0 Å². The van der Waals surface area contributed by atoms with Gasteiger partial charge in [0.25, 0.3) is 0 Å². The zero-order chi connectivity index (χ0) is 11.3. The van der Waals surface area contributed by atoms with Crippen LogP contribution in [0.4, 0.5) is 0 Å². The molecule has 84 valence electrons. The fraction of sp³-hybridized carbons (Fsp3) is 0.556. The van der Waals surface area contributed by atoms with Gasteiger partial charge in [-0.1, -0.05) is 23.9 Å². The average molecular weight is 248 g/mol. The molecule has 15 heavy (non-hydrogen) atoms. The lowest BCUT2D eigenvalue weighted by atomic mass is 10.4. The molecule has 0 aliphatic heterocycles. The minimum absolute atomic E-state index is 0.121. The predicted octanol–water partition coefficient (Wildman–Crippen LogP) is 2.04. The third-order valence-corrected chi connectivity index (χ3v) is 2.84. The van der Waals surface area contributed by atoms with Gasteiger partial charge >= 0.3 is 5.69 Å². The number of halogens is 1. The minimum atomic E-state index is -0.158. The summed E-state index contributed by atoms with van der Waals surface area (Å²) in [6, 6.07) is 0.121. The van der Waals surface area contributed by atoms with E-state index in [0.717, 1.165) is 5.75 Å². The average Bonchev–Trinajstić information content (AvgIpc) is 2.54. The Hall–Kier alpha value is -0.680. The van der Waals surface area contributed by atoms with Gasteiger partial charge < -0.3 is 0 Å². The number of aromatic amines is 1. The van der Waals surface area contributed by atoms with Crippen LogP contribution in [0.1, 0.15) is 19.9 Å². The Morgan fingerprint density at radius 2 is 2.33 bits per heavy atom. The third kappa shape index (κ3) is 3.43. The molecule has 0 amide bonds. The molecule has 0 saturated carbocycles. The summed E-state index contributed by atoms with van der Waals surface area (Å²) in [7, 11) is 0. The largest absolute Gasteiger partial charge is 0.344 e. The van der Waals surface area contributed by atoms with E-state index in [1.807, 2.05) is 26.0 Å². The Kier molecular flexibility index (Phi) is 4.98. The van der Waals surface area contributed by atoms with Crippen molar-refractivity contribution < 1.29 is 0 Å². The molecule has 0 spiro atoms. The van der Waals surface area contributed by atoms with Gasteiger partial charge in [-0.25, -0.2) is 9.89 Å². The summed E-state index contributed by atoms with van der Waals surface area (Å²) < 4.78 is 1.64. The number of nitrogens with zero attached hydrogens (tertiary/aromatic N) is 2. The van der Waals surface area contributed by atoms with Gasteiger partial charge in [0.1, 0.15) is 0 Å². The van der Waals surface area contributed by atoms with Gasteiger partial charge in [0, 0.05) is 17.7 Å². The van der Waals surface area contributed by atoms with E-state index >= 15 is 0 Å². The predicted molar refractivity (Wildman–Crippen MR) is 63.8 cm³/mol. The van der Waals surface area contributed by atoms with Crippen molar-refractivity contribution in [1.29, 1.82) is 0 Å². The molecule has 4 nitrogen and oxygen atoms in total. The first-order valence-electron chi connectivity index (χ1n) is 4.67. The van der Waals surface area contributed by atoms with E-state index in [0.29, 0.717) is 11.0 Å². The molecule has 0 unspecified atom stereocenters. The molecule has 1 heterocycles. The molecule has 0 aliphatic rings. The summed E-state index contributed by atoms with van der Waals surface area (Å²) >= 11 is 7.01. The topological polar surface area (TPSA) is 50.7 Å². The number of aromatic nitrogens is 3. The summed E-state index contributed by atoms with van der Waals surface area (Å²) in [5.41, 5.74) is -0.158. The number of H-pyrrole nitrogens is 1. The summed E-state index contributed by atoms with van der Waals surface area (Å²) in [4.78, 5) is 11.4. The first-order valence-corrected chi connectivity index (χ1v) is 6.19. The molecule has 0 atom stereocenters.